The summed E-state index contributed by atoms with van der Waals surface area (Å²) in [6.45, 7) is 3.44. The van der Waals surface area contributed by atoms with E-state index in [1.165, 1.54) is 11.1 Å². The molecule has 0 saturated heterocycles. The summed E-state index contributed by atoms with van der Waals surface area (Å²) >= 11 is 0. The Balaban J connectivity index is 2.06. The zero-order chi connectivity index (χ0) is 15.2. The van der Waals surface area contributed by atoms with Crippen LogP contribution in [0.5, 0.6) is 0 Å². The highest BCUT2D eigenvalue weighted by atomic mass is 16.2. The van der Waals surface area contributed by atoms with Gasteiger partial charge in [-0.2, -0.15) is 0 Å². The molecule has 0 aliphatic carbocycles. The molecule has 0 aromatic heterocycles. The van der Waals surface area contributed by atoms with Crippen LogP contribution in [0.15, 0.2) is 24.3 Å². The highest BCUT2D eigenvalue weighted by Gasteiger charge is 2.28. The van der Waals surface area contributed by atoms with Gasteiger partial charge in [0.2, 0.25) is 11.8 Å². The van der Waals surface area contributed by atoms with Gasteiger partial charge in [0, 0.05) is 20.1 Å². The van der Waals surface area contributed by atoms with Gasteiger partial charge < -0.3 is 15.5 Å². The van der Waals surface area contributed by atoms with Gasteiger partial charge in [0.05, 0.1) is 12.6 Å². The van der Waals surface area contributed by atoms with Crippen molar-refractivity contribution in [1.29, 1.82) is 0 Å². The number of hydrogen-bond acceptors (Lipinski definition) is 3. The first-order chi connectivity index (χ1) is 10.2. The molecule has 0 fully saturated rings. The lowest BCUT2D eigenvalue weighted by Gasteiger charge is -2.30. The maximum absolute atomic E-state index is 12.6. The maximum Gasteiger partial charge on any atom is 0.240 e. The molecule has 21 heavy (non-hydrogen) atoms. The Morgan fingerprint density at radius 3 is 2.71 bits per heavy atom. The molecule has 114 valence electrons. The fourth-order valence-corrected chi connectivity index (χ4v) is 2.64. The van der Waals surface area contributed by atoms with Crippen molar-refractivity contribution in [3.8, 4) is 0 Å². The van der Waals surface area contributed by atoms with Crippen LogP contribution in [0.3, 0.4) is 0 Å². The zero-order valence-electron chi connectivity index (χ0n) is 12.7. The third-order valence-corrected chi connectivity index (χ3v) is 3.80. The smallest absolute Gasteiger partial charge is 0.240 e. The van der Waals surface area contributed by atoms with Gasteiger partial charge in [0.1, 0.15) is 0 Å². The Morgan fingerprint density at radius 1 is 1.33 bits per heavy atom. The van der Waals surface area contributed by atoms with E-state index in [-0.39, 0.29) is 24.4 Å². The molecular weight excluding hydrogens is 266 g/mol. The average Bonchev–Trinajstić information content (AvgIpc) is 2.53. The number of fused-ring (bicyclic) bond motifs is 1. The highest BCUT2D eigenvalue weighted by molar-refractivity contribution is 5.87. The minimum absolute atomic E-state index is 0.00922. The second-order valence-electron chi connectivity index (χ2n) is 5.34. The summed E-state index contributed by atoms with van der Waals surface area (Å²) < 4.78 is 0. The monoisotopic (exact) mass is 289 g/mol. The number of nitrogens with one attached hydrogen (secondary N) is 2. The van der Waals surface area contributed by atoms with E-state index < -0.39 is 0 Å². The first-order valence-corrected chi connectivity index (χ1v) is 7.45. The van der Waals surface area contributed by atoms with Gasteiger partial charge in [0.25, 0.3) is 0 Å². The highest BCUT2D eigenvalue weighted by Crippen LogP contribution is 2.17. The summed E-state index contributed by atoms with van der Waals surface area (Å²) in [6, 6.07) is 7.92. The van der Waals surface area contributed by atoms with Crippen molar-refractivity contribution < 1.29 is 9.59 Å². The van der Waals surface area contributed by atoms with E-state index in [0.717, 1.165) is 6.42 Å². The van der Waals surface area contributed by atoms with Gasteiger partial charge in [-0.3, -0.25) is 9.59 Å². The van der Waals surface area contributed by atoms with Crippen LogP contribution in [0.25, 0.3) is 0 Å². The van der Waals surface area contributed by atoms with Gasteiger partial charge in [-0.05, 0) is 24.0 Å². The predicted octanol–water partition coefficient (Wildman–Crippen LogP) is 0.686. The number of amides is 2. The lowest BCUT2D eigenvalue weighted by atomic mass is 9.95. The van der Waals surface area contributed by atoms with Crippen LogP contribution in [-0.4, -0.2) is 42.9 Å². The minimum Gasteiger partial charge on any atom is -0.358 e. The van der Waals surface area contributed by atoms with E-state index in [9.17, 15) is 9.59 Å². The molecule has 2 rings (SSSR count). The molecule has 5 heteroatoms. The van der Waals surface area contributed by atoms with Crippen LogP contribution in [0.4, 0.5) is 0 Å². The Morgan fingerprint density at radius 2 is 2.05 bits per heavy atom. The van der Waals surface area contributed by atoms with Gasteiger partial charge in [-0.25, -0.2) is 0 Å². The fourth-order valence-electron chi connectivity index (χ4n) is 2.64. The second-order valence-corrected chi connectivity index (χ2v) is 5.34. The number of carbonyl (C=O) groups is 2. The van der Waals surface area contributed by atoms with E-state index in [1.54, 1.807) is 11.9 Å². The Bertz CT molecular complexity index is 516. The number of benzene rings is 1. The molecule has 0 unspecified atom stereocenters. The van der Waals surface area contributed by atoms with E-state index in [2.05, 4.69) is 22.8 Å². The molecule has 1 heterocycles. The van der Waals surface area contributed by atoms with Crippen molar-refractivity contribution in [2.24, 2.45) is 0 Å². The summed E-state index contributed by atoms with van der Waals surface area (Å²) in [5, 5.41) is 5.86. The van der Waals surface area contributed by atoms with Crippen LogP contribution in [0.2, 0.25) is 0 Å². The molecule has 2 N–H and O–H groups in total. The lowest BCUT2D eigenvalue weighted by Crippen LogP contribution is -2.51. The quantitative estimate of drug-likeness (QED) is 0.838. The summed E-state index contributed by atoms with van der Waals surface area (Å²) in [5.41, 5.74) is 2.46. The SMILES string of the molecule is CCCN(CC(=O)NC)C(=O)[C@H]1Cc2ccccc2CN1. The summed E-state index contributed by atoms with van der Waals surface area (Å²) in [6.07, 6.45) is 1.52. The van der Waals surface area contributed by atoms with Crippen molar-refractivity contribution in [3.05, 3.63) is 35.4 Å². The molecule has 0 radical (unpaired) electrons. The van der Waals surface area contributed by atoms with Gasteiger partial charge in [0.15, 0.2) is 0 Å². The third kappa shape index (κ3) is 3.82. The molecule has 2 amide bonds. The van der Waals surface area contributed by atoms with E-state index in [0.29, 0.717) is 19.5 Å². The minimum atomic E-state index is -0.240. The number of carbonyl (C=O) groups excluding carboxylic acids is 2. The molecule has 1 atom stereocenters. The number of nitrogens with zero attached hydrogens (tertiary/aromatic N) is 1. The molecule has 0 spiro atoms. The van der Waals surface area contributed by atoms with E-state index in [1.807, 2.05) is 19.1 Å². The van der Waals surface area contributed by atoms with Crippen molar-refractivity contribution in [3.63, 3.8) is 0 Å². The molecule has 0 saturated carbocycles. The topological polar surface area (TPSA) is 61.4 Å². The predicted molar refractivity (Wildman–Crippen MR) is 81.7 cm³/mol. The first-order valence-electron chi connectivity index (χ1n) is 7.45. The summed E-state index contributed by atoms with van der Waals surface area (Å²) in [5.74, 6) is -0.122. The van der Waals surface area contributed by atoms with Crippen molar-refractivity contribution in [1.82, 2.24) is 15.5 Å². The average molecular weight is 289 g/mol. The van der Waals surface area contributed by atoms with Gasteiger partial charge >= 0.3 is 0 Å². The number of hydrogen-bond donors (Lipinski definition) is 2. The second kappa shape index (κ2) is 7.22. The van der Waals surface area contributed by atoms with Crippen LogP contribution in [0, 0.1) is 0 Å². The third-order valence-electron chi connectivity index (χ3n) is 3.80. The van der Waals surface area contributed by atoms with Crippen LogP contribution >= 0.6 is 0 Å². The first kappa shape index (κ1) is 15.5. The molecule has 1 aliphatic rings. The Kier molecular flexibility index (Phi) is 5.33. The standard InChI is InChI=1S/C16H23N3O2/c1-3-8-19(11-15(20)17-2)16(21)14-9-12-6-4-5-7-13(12)10-18-14/h4-7,14,18H,3,8-11H2,1-2H3,(H,17,20)/t14-/m1/s1. The Hall–Kier alpha value is -1.88. The van der Waals surface area contributed by atoms with Crippen molar-refractivity contribution >= 4 is 11.8 Å². The molecule has 1 aromatic carbocycles. The lowest BCUT2D eigenvalue weighted by molar-refractivity contribution is -0.137. The molecule has 1 aliphatic heterocycles. The molecule has 0 bridgehead atoms. The normalized spacial score (nSPS) is 17.0. The van der Waals surface area contributed by atoms with Crippen LogP contribution in [-0.2, 0) is 22.6 Å². The van der Waals surface area contributed by atoms with E-state index in [4.69, 9.17) is 0 Å². The van der Waals surface area contributed by atoms with Gasteiger partial charge in [-0.15, -0.1) is 0 Å². The van der Waals surface area contributed by atoms with Crippen molar-refractivity contribution in [2.75, 3.05) is 20.1 Å². The van der Waals surface area contributed by atoms with Crippen LogP contribution < -0.4 is 10.6 Å². The maximum atomic E-state index is 12.6. The van der Waals surface area contributed by atoms with E-state index >= 15 is 0 Å². The summed E-state index contributed by atoms with van der Waals surface area (Å²) in [7, 11) is 1.59. The zero-order valence-corrected chi connectivity index (χ0v) is 12.7. The molecular formula is C16H23N3O2. The number of rotatable bonds is 5. The molecule has 1 aromatic rings. The summed E-state index contributed by atoms with van der Waals surface area (Å²) in [4.78, 5) is 25.8. The fraction of sp³-hybridized carbons (Fsp3) is 0.500. The molecule has 5 nitrogen and oxygen atoms in total. The van der Waals surface area contributed by atoms with Crippen molar-refractivity contribution in [2.45, 2.75) is 32.4 Å². The van der Waals surface area contributed by atoms with Gasteiger partial charge in [-0.1, -0.05) is 31.2 Å². The largest absolute Gasteiger partial charge is 0.358 e. The number of likely N-dealkylation sites (N-methyl/N-ethyl adjacent to an activating group) is 1. The Labute approximate surface area is 125 Å². The van der Waals surface area contributed by atoms with Crippen LogP contribution in [0.1, 0.15) is 24.5 Å².